The summed E-state index contributed by atoms with van der Waals surface area (Å²) in [6.07, 6.45) is 4.88. The van der Waals surface area contributed by atoms with E-state index in [1.54, 1.807) is 24.5 Å². The van der Waals surface area contributed by atoms with Gasteiger partial charge in [0, 0.05) is 25.1 Å². The van der Waals surface area contributed by atoms with Gasteiger partial charge in [-0.25, -0.2) is 18.4 Å². The number of nitrogens with zero attached hydrogens (tertiary/aromatic N) is 3. The molecule has 22 heavy (non-hydrogen) atoms. The fourth-order valence-corrected chi connectivity index (χ4v) is 3.41. The van der Waals surface area contributed by atoms with Gasteiger partial charge >= 0.3 is 0 Å². The molecule has 0 aliphatic rings. The highest BCUT2D eigenvalue weighted by Crippen LogP contribution is 2.14. The van der Waals surface area contributed by atoms with Crippen molar-refractivity contribution in [1.29, 1.82) is 0 Å². The predicted octanol–water partition coefficient (Wildman–Crippen LogP) is 2.30. The minimum absolute atomic E-state index is 0.0734. The topological polar surface area (TPSA) is 64.8 Å². The number of rotatable bonds is 5. The van der Waals surface area contributed by atoms with Crippen LogP contribution in [-0.4, -0.2) is 23.0 Å². The van der Waals surface area contributed by atoms with E-state index in [-0.39, 0.29) is 10.8 Å². The summed E-state index contributed by atoms with van der Waals surface area (Å²) in [6.45, 7) is 0.591. The second-order valence-electron chi connectivity index (χ2n) is 4.88. The van der Waals surface area contributed by atoms with E-state index in [1.165, 1.54) is 12.3 Å². The van der Waals surface area contributed by atoms with Gasteiger partial charge in [0.25, 0.3) is 0 Å². The zero-order chi connectivity index (χ0) is 15.4. The highest BCUT2D eigenvalue weighted by molar-refractivity contribution is 7.90. The number of pyridine rings is 1. The number of imidazole rings is 1. The average Bonchev–Trinajstić information content (AvgIpc) is 2.95. The fourth-order valence-electron chi connectivity index (χ4n) is 2.18. The molecule has 112 valence electrons. The summed E-state index contributed by atoms with van der Waals surface area (Å²) in [7, 11) is -3.49. The minimum Gasteiger partial charge on any atom is -0.330 e. The normalized spacial score (nSPS) is 11.5. The Morgan fingerprint density at radius 1 is 0.909 bits per heavy atom. The van der Waals surface area contributed by atoms with Crippen LogP contribution in [0.25, 0.3) is 0 Å². The van der Waals surface area contributed by atoms with Crippen molar-refractivity contribution in [3.8, 4) is 0 Å². The highest BCUT2D eigenvalue weighted by Gasteiger charge is 2.19. The number of sulfone groups is 1. The summed E-state index contributed by atoms with van der Waals surface area (Å²) >= 11 is 0. The predicted molar refractivity (Wildman–Crippen MR) is 82.9 cm³/mol. The molecule has 2 aromatic heterocycles. The molecule has 0 spiro atoms. The average molecular weight is 313 g/mol. The van der Waals surface area contributed by atoms with Gasteiger partial charge in [-0.1, -0.05) is 36.4 Å². The molecule has 0 unspecified atom stereocenters. The highest BCUT2D eigenvalue weighted by atomic mass is 32.2. The lowest BCUT2D eigenvalue weighted by Crippen LogP contribution is -2.12. The lowest BCUT2D eigenvalue weighted by Gasteiger charge is -2.08. The lowest BCUT2D eigenvalue weighted by atomic mass is 10.2. The molecule has 0 saturated heterocycles. The molecule has 0 fully saturated rings. The van der Waals surface area contributed by atoms with Crippen molar-refractivity contribution in [3.05, 3.63) is 78.5 Å². The fraction of sp³-hybridized carbons (Fsp3) is 0.125. The Morgan fingerprint density at radius 2 is 1.68 bits per heavy atom. The molecule has 5 nitrogen and oxygen atoms in total. The van der Waals surface area contributed by atoms with Crippen LogP contribution < -0.4 is 0 Å². The quantitative estimate of drug-likeness (QED) is 0.725. The molecule has 2 heterocycles. The van der Waals surface area contributed by atoms with Crippen LogP contribution in [0.5, 0.6) is 0 Å². The molecule has 0 atom stereocenters. The van der Waals surface area contributed by atoms with E-state index < -0.39 is 9.84 Å². The van der Waals surface area contributed by atoms with Gasteiger partial charge in [0.2, 0.25) is 9.84 Å². The molecule has 0 radical (unpaired) electrons. The van der Waals surface area contributed by atoms with E-state index in [4.69, 9.17) is 0 Å². The summed E-state index contributed by atoms with van der Waals surface area (Å²) in [6, 6.07) is 14.7. The molecule has 3 aromatic rings. The Kier molecular flexibility index (Phi) is 4.02. The first-order valence-corrected chi connectivity index (χ1v) is 8.48. The smallest absolute Gasteiger partial charge is 0.202 e. The van der Waals surface area contributed by atoms with Crippen LogP contribution in [0.4, 0.5) is 0 Å². The molecular formula is C16H15N3O2S. The number of hydrogen-bond acceptors (Lipinski definition) is 4. The maximum absolute atomic E-state index is 12.4. The molecular weight excluding hydrogens is 298 g/mol. The van der Waals surface area contributed by atoms with Gasteiger partial charge < -0.3 is 4.57 Å². The van der Waals surface area contributed by atoms with Crippen molar-refractivity contribution in [2.75, 3.05) is 0 Å². The monoisotopic (exact) mass is 313 g/mol. The van der Waals surface area contributed by atoms with Gasteiger partial charge in [0.05, 0.1) is 0 Å². The molecule has 0 saturated carbocycles. The maximum atomic E-state index is 12.4. The number of hydrogen-bond donors (Lipinski definition) is 0. The van der Waals surface area contributed by atoms with Crippen LogP contribution in [0.2, 0.25) is 0 Å². The molecule has 0 amide bonds. The summed E-state index contributed by atoms with van der Waals surface area (Å²) < 4.78 is 26.6. The van der Waals surface area contributed by atoms with Crippen molar-refractivity contribution in [2.45, 2.75) is 17.3 Å². The van der Waals surface area contributed by atoms with Gasteiger partial charge in [0.15, 0.2) is 5.03 Å². The van der Waals surface area contributed by atoms with E-state index in [2.05, 4.69) is 9.97 Å². The van der Waals surface area contributed by atoms with Crippen molar-refractivity contribution in [2.24, 2.45) is 0 Å². The Balaban J connectivity index is 1.84. The minimum atomic E-state index is -3.49. The standard InChI is InChI=1S/C16H15N3O2S/c20-22(21,16-8-4-5-9-18-16)13-15-17-10-11-19(15)12-14-6-2-1-3-7-14/h1-11H,12-13H2. The number of aromatic nitrogens is 3. The van der Waals surface area contributed by atoms with Gasteiger partial charge in [-0.15, -0.1) is 0 Å². The molecule has 0 aliphatic heterocycles. The van der Waals surface area contributed by atoms with Gasteiger partial charge in [0.1, 0.15) is 11.6 Å². The summed E-state index contributed by atoms with van der Waals surface area (Å²) in [4.78, 5) is 8.10. The molecule has 0 N–H and O–H groups in total. The third-order valence-corrected chi connectivity index (χ3v) is 4.79. The van der Waals surface area contributed by atoms with Crippen molar-refractivity contribution in [3.63, 3.8) is 0 Å². The second-order valence-corrected chi connectivity index (χ2v) is 6.82. The third kappa shape index (κ3) is 3.23. The molecule has 0 bridgehead atoms. The second kappa shape index (κ2) is 6.11. The summed E-state index contributed by atoms with van der Waals surface area (Å²) in [5, 5.41) is 0.0734. The van der Waals surface area contributed by atoms with Gasteiger partial charge in [-0.2, -0.15) is 0 Å². The molecule has 1 aromatic carbocycles. The molecule has 0 aliphatic carbocycles. The lowest BCUT2D eigenvalue weighted by molar-refractivity contribution is 0.587. The Hall–Kier alpha value is -2.47. The van der Waals surface area contributed by atoms with E-state index in [9.17, 15) is 8.42 Å². The zero-order valence-corrected chi connectivity index (χ0v) is 12.6. The first kappa shape index (κ1) is 14.5. The molecule has 3 rings (SSSR count). The van der Waals surface area contributed by atoms with Crippen LogP contribution in [0.1, 0.15) is 11.4 Å². The van der Waals surface area contributed by atoms with Crippen LogP contribution >= 0.6 is 0 Å². The van der Waals surface area contributed by atoms with Crippen LogP contribution in [0.3, 0.4) is 0 Å². The van der Waals surface area contributed by atoms with Crippen LogP contribution in [-0.2, 0) is 22.1 Å². The Morgan fingerprint density at radius 3 is 2.41 bits per heavy atom. The van der Waals surface area contributed by atoms with E-state index in [0.29, 0.717) is 12.4 Å². The van der Waals surface area contributed by atoms with Crippen LogP contribution in [0, 0.1) is 0 Å². The molecule has 6 heteroatoms. The van der Waals surface area contributed by atoms with Crippen molar-refractivity contribution >= 4 is 9.84 Å². The van der Waals surface area contributed by atoms with Gasteiger partial charge in [-0.05, 0) is 17.7 Å². The zero-order valence-electron chi connectivity index (χ0n) is 11.8. The van der Waals surface area contributed by atoms with Gasteiger partial charge in [-0.3, -0.25) is 0 Å². The first-order valence-electron chi connectivity index (χ1n) is 6.83. The maximum Gasteiger partial charge on any atom is 0.202 e. The van der Waals surface area contributed by atoms with Crippen LogP contribution in [0.15, 0.2) is 72.1 Å². The van der Waals surface area contributed by atoms with Crippen molar-refractivity contribution < 1.29 is 8.42 Å². The van der Waals surface area contributed by atoms with Crippen molar-refractivity contribution in [1.82, 2.24) is 14.5 Å². The summed E-state index contributed by atoms with van der Waals surface area (Å²) in [5.74, 6) is 0.346. The van der Waals surface area contributed by atoms with E-state index >= 15 is 0 Å². The van der Waals surface area contributed by atoms with E-state index in [1.807, 2.05) is 34.9 Å². The Bertz CT molecular complexity index is 843. The van der Waals surface area contributed by atoms with E-state index in [0.717, 1.165) is 5.56 Å². The largest absolute Gasteiger partial charge is 0.330 e. The number of benzene rings is 1. The first-order chi connectivity index (χ1) is 10.6. The Labute approximate surface area is 129 Å². The third-order valence-electron chi connectivity index (χ3n) is 3.27. The summed E-state index contributed by atoms with van der Waals surface area (Å²) in [5.41, 5.74) is 1.09. The SMILES string of the molecule is O=S(=O)(Cc1nccn1Cc1ccccc1)c1ccccn1.